The van der Waals surface area contributed by atoms with E-state index in [1.807, 2.05) is 0 Å². The quantitative estimate of drug-likeness (QED) is 0.702. The van der Waals surface area contributed by atoms with Gasteiger partial charge in [-0.3, -0.25) is 9.59 Å². The summed E-state index contributed by atoms with van der Waals surface area (Å²) in [5, 5.41) is 13.4. The maximum atomic E-state index is 11.4. The number of aliphatic carboxylic acids is 1. The first-order chi connectivity index (χ1) is 8.97. The number of carboxylic acid groups (broad SMARTS) is 1. The molecule has 19 heavy (non-hydrogen) atoms. The van der Waals surface area contributed by atoms with Crippen molar-refractivity contribution in [2.24, 2.45) is 0 Å². The number of nitrogens with one attached hydrogen (secondary N) is 2. The van der Waals surface area contributed by atoms with Gasteiger partial charge in [-0.05, 0) is 18.2 Å². The largest absolute Gasteiger partial charge is 0.480 e. The molecule has 0 radical (unpaired) electrons. The Balaban J connectivity index is 2.49. The van der Waals surface area contributed by atoms with Crippen LogP contribution in [0.15, 0.2) is 24.3 Å². The Morgan fingerprint density at radius 3 is 2.37 bits per heavy atom. The minimum absolute atomic E-state index is 0.215. The molecular weight excluding hydrogens is 252 g/mol. The normalized spacial score (nSPS) is 9.74. The average Bonchev–Trinajstić information content (AvgIpc) is 2.27. The van der Waals surface area contributed by atoms with Crippen LogP contribution in [0, 0.1) is 0 Å². The Morgan fingerprint density at radius 1 is 1.16 bits per heavy atom. The molecule has 0 aliphatic rings. The summed E-state index contributed by atoms with van der Waals surface area (Å²) in [6, 6.07) is 6.56. The van der Waals surface area contributed by atoms with Gasteiger partial charge >= 0.3 is 5.97 Å². The summed E-state index contributed by atoms with van der Waals surface area (Å²) in [4.78, 5) is 32.5. The zero-order valence-electron chi connectivity index (χ0n) is 10.3. The molecule has 7 heteroatoms. The molecule has 7 nitrogen and oxygen atoms in total. The van der Waals surface area contributed by atoms with E-state index in [1.165, 1.54) is 6.92 Å². The van der Waals surface area contributed by atoms with Crippen LogP contribution in [0.2, 0.25) is 0 Å². The van der Waals surface area contributed by atoms with E-state index in [1.54, 1.807) is 24.3 Å². The lowest BCUT2D eigenvalue weighted by atomic mass is 10.2. The van der Waals surface area contributed by atoms with Crippen molar-refractivity contribution in [3.05, 3.63) is 24.3 Å². The van der Waals surface area contributed by atoms with Gasteiger partial charge in [-0.25, -0.2) is 4.79 Å². The number of benzene rings is 1. The van der Waals surface area contributed by atoms with Gasteiger partial charge in [0.1, 0.15) is 13.2 Å². The number of amides is 2. The lowest BCUT2D eigenvalue weighted by Gasteiger charge is -2.07. The molecule has 102 valence electrons. The number of hydrogen-bond donors (Lipinski definition) is 3. The van der Waals surface area contributed by atoms with Crippen LogP contribution in [0.4, 0.5) is 11.4 Å². The van der Waals surface area contributed by atoms with Crippen molar-refractivity contribution in [2.75, 3.05) is 23.8 Å². The van der Waals surface area contributed by atoms with Crippen LogP contribution in [0.3, 0.4) is 0 Å². The van der Waals surface area contributed by atoms with Gasteiger partial charge in [-0.1, -0.05) is 6.07 Å². The Bertz CT molecular complexity index is 487. The van der Waals surface area contributed by atoms with Crippen LogP contribution in [0.5, 0.6) is 0 Å². The summed E-state index contributed by atoms with van der Waals surface area (Å²) < 4.78 is 4.64. The van der Waals surface area contributed by atoms with Crippen molar-refractivity contribution in [3.8, 4) is 0 Å². The maximum Gasteiger partial charge on any atom is 0.329 e. The van der Waals surface area contributed by atoms with Crippen molar-refractivity contribution in [1.29, 1.82) is 0 Å². The predicted molar refractivity (Wildman–Crippen MR) is 67.8 cm³/mol. The van der Waals surface area contributed by atoms with Gasteiger partial charge in [-0.15, -0.1) is 0 Å². The smallest absolute Gasteiger partial charge is 0.329 e. The van der Waals surface area contributed by atoms with Crippen LogP contribution >= 0.6 is 0 Å². The lowest BCUT2D eigenvalue weighted by Crippen LogP contribution is -2.20. The van der Waals surface area contributed by atoms with E-state index < -0.39 is 18.5 Å². The van der Waals surface area contributed by atoms with Gasteiger partial charge in [0.15, 0.2) is 0 Å². The molecular formula is C12H14N2O5. The molecule has 0 aromatic heterocycles. The summed E-state index contributed by atoms with van der Waals surface area (Å²) in [7, 11) is 0. The van der Waals surface area contributed by atoms with Crippen LogP contribution in [-0.4, -0.2) is 36.1 Å². The highest BCUT2D eigenvalue weighted by molar-refractivity contribution is 5.94. The van der Waals surface area contributed by atoms with E-state index in [0.717, 1.165) is 0 Å². The van der Waals surface area contributed by atoms with Crippen LogP contribution < -0.4 is 10.6 Å². The van der Waals surface area contributed by atoms with E-state index in [-0.39, 0.29) is 12.5 Å². The van der Waals surface area contributed by atoms with Crippen molar-refractivity contribution < 1.29 is 24.2 Å². The first kappa shape index (κ1) is 14.7. The van der Waals surface area contributed by atoms with Gasteiger partial charge in [0, 0.05) is 18.3 Å². The molecule has 0 fully saturated rings. The minimum Gasteiger partial charge on any atom is -0.480 e. The molecule has 0 unspecified atom stereocenters. The second kappa shape index (κ2) is 7.12. The lowest BCUT2D eigenvalue weighted by molar-refractivity contribution is -0.143. The SMILES string of the molecule is CC(=O)Nc1cccc(NC(=O)COCC(=O)O)c1. The highest BCUT2D eigenvalue weighted by Gasteiger charge is 2.05. The van der Waals surface area contributed by atoms with Gasteiger partial charge < -0.3 is 20.5 Å². The average molecular weight is 266 g/mol. The monoisotopic (exact) mass is 266 g/mol. The van der Waals surface area contributed by atoms with Gasteiger partial charge in [0.2, 0.25) is 11.8 Å². The Kier molecular flexibility index (Phi) is 5.49. The molecule has 1 aromatic carbocycles. The van der Waals surface area contributed by atoms with E-state index in [0.29, 0.717) is 11.4 Å². The molecule has 0 spiro atoms. The fourth-order valence-electron chi connectivity index (χ4n) is 1.31. The standard InChI is InChI=1S/C12H14N2O5/c1-8(15)13-9-3-2-4-10(5-9)14-11(16)6-19-7-12(17)18/h2-5H,6-7H2,1H3,(H,13,15)(H,14,16)(H,17,18). The summed E-state index contributed by atoms with van der Waals surface area (Å²) in [6.07, 6.45) is 0. The third-order valence-corrected chi connectivity index (χ3v) is 1.93. The second-order valence-corrected chi connectivity index (χ2v) is 3.70. The number of rotatable bonds is 6. The van der Waals surface area contributed by atoms with Crippen molar-refractivity contribution in [2.45, 2.75) is 6.92 Å². The predicted octanol–water partition coefficient (Wildman–Crippen LogP) is 0.685. The maximum absolute atomic E-state index is 11.4. The first-order valence-corrected chi connectivity index (χ1v) is 5.44. The third kappa shape index (κ3) is 6.18. The zero-order chi connectivity index (χ0) is 14.3. The summed E-state index contributed by atoms with van der Waals surface area (Å²) in [5.74, 6) is -1.82. The molecule has 2 amide bonds. The summed E-state index contributed by atoms with van der Waals surface area (Å²) in [5.41, 5.74) is 1.03. The van der Waals surface area contributed by atoms with Crippen molar-refractivity contribution in [1.82, 2.24) is 0 Å². The van der Waals surface area contributed by atoms with Gasteiger partial charge in [-0.2, -0.15) is 0 Å². The molecule has 0 saturated carbocycles. The number of carboxylic acids is 1. The van der Waals surface area contributed by atoms with Gasteiger partial charge in [0.05, 0.1) is 0 Å². The Hall–Kier alpha value is -2.41. The van der Waals surface area contributed by atoms with E-state index in [2.05, 4.69) is 15.4 Å². The highest BCUT2D eigenvalue weighted by atomic mass is 16.5. The minimum atomic E-state index is -1.14. The zero-order valence-corrected chi connectivity index (χ0v) is 10.3. The van der Waals surface area contributed by atoms with Crippen molar-refractivity contribution >= 4 is 29.2 Å². The third-order valence-electron chi connectivity index (χ3n) is 1.93. The fourth-order valence-corrected chi connectivity index (χ4v) is 1.31. The molecule has 0 bridgehead atoms. The van der Waals surface area contributed by atoms with E-state index >= 15 is 0 Å². The highest BCUT2D eigenvalue weighted by Crippen LogP contribution is 2.14. The summed E-state index contributed by atoms with van der Waals surface area (Å²) in [6.45, 7) is 0.501. The Labute approximate surface area is 109 Å². The second-order valence-electron chi connectivity index (χ2n) is 3.70. The molecule has 0 aliphatic carbocycles. The van der Waals surface area contributed by atoms with Crippen LogP contribution in [0.25, 0.3) is 0 Å². The van der Waals surface area contributed by atoms with Crippen LogP contribution in [0.1, 0.15) is 6.92 Å². The molecule has 0 atom stereocenters. The number of carbonyl (C=O) groups is 3. The fraction of sp³-hybridized carbons (Fsp3) is 0.250. The molecule has 1 rings (SSSR count). The summed E-state index contributed by atoms with van der Waals surface area (Å²) >= 11 is 0. The van der Waals surface area contributed by atoms with Crippen LogP contribution in [-0.2, 0) is 19.1 Å². The van der Waals surface area contributed by atoms with Crippen molar-refractivity contribution in [3.63, 3.8) is 0 Å². The number of ether oxygens (including phenoxy) is 1. The topological polar surface area (TPSA) is 105 Å². The number of anilines is 2. The molecule has 0 heterocycles. The Morgan fingerprint density at radius 2 is 1.79 bits per heavy atom. The van der Waals surface area contributed by atoms with Gasteiger partial charge in [0.25, 0.3) is 0 Å². The number of hydrogen-bond acceptors (Lipinski definition) is 4. The molecule has 3 N–H and O–H groups in total. The first-order valence-electron chi connectivity index (χ1n) is 5.44. The molecule has 0 saturated heterocycles. The number of carbonyl (C=O) groups excluding carboxylic acids is 2. The van der Waals surface area contributed by atoms with E-state index in [9.17, 15) is 14.4 Å². The molecule has 1 aromatic rings. The van der Waals surface area contributed by atoms with E-state index in [4.69, 9.17) is 5.11 Å². The molecule has 0 aliphatic heterocycles.